The predicted octanol–water partition coefficient (Wildman–Crippen LogP) is 12.5. The summed E-state index contributed by atoms with van der Waals surface area (Å²) < 4.78 is 4.25. The van der Waals surface area contributed by atoms with E-state index in [9.17, 15) is 0 Å². The van der Waals surface area contributed by atoms with Gasteiger partial charge in [0.2, 0.25) is 0 Å². The zero-order valence-electron chi connectivity index (χ0n) is 35.8. The molecule has 0 bridgehead atoms. The van der Waals surface area contributed by atoms with E-state index in [-0.39, 0.29) is 0 Å². The molecule has 6 N–H and O–H groups in total. The number of nitrogens with one attached hydrogen (secondary N) is 2. The molecule has 0 aliphatic heterocycles. The fraction of sp³-hybridized carbons (Fsp3) is 0.111. The van der Waals surface area contributed by atoms with Gasteiger partial charge >= 0.3 is 0 Å². The van der Waals surface area contributed by atoms with E-state index in [4.69, 9.17) is 34.7 Å². The normalized spacial score (nSPS) is 11.7. The van der Waals surface area contributed by atoms with Crippen LogP contribution in [0.1, 0.15) is 24.0 Å². The Bertz CT molecular complexity index is 3470. The molecule has 12 heteroatoms. The Morgan fingerprint density at radius 3 is 1.33 bits per heavy atom. The van der Waals surface area contributed by atoms with E-state index in [1.165, 1.54) is 11.1 Å². The first kappa shape index (κ1) is 41.4. The first-order chi connectivity index (χ1) is 32.4. The van der Waals surface area contributed by atoms with Crippen LogP contribution in [0.2, 0.25) is 10.0 Å². The predicted molar refractivity (Wildman–Crippen MR) is 272 cm³/mol. The summed E-state index contributed by atoms with van der Waals surface area (Å²) in [6.07, 6.45) is 15.2. The number of fused-ring (bicyclic) bond motifs is 8. The molecule has 0 saturated heterocycles. The Balaban J connectivity index is 0.000000146. The molecule has 0 spiro atoms. The number of aromatic amines is 2. The summed E-state index contributed by atoms with van der Waals surface area (Å²) in [6, 6.07) is 42.1. The fourth-order valence-corrected chi connectivity index (χ4v) is 9.50. The smallest absolute Gasteiger partial charge is 0.108 e. The molecule has 12 rings (SSSR count). The van der Waals surface area contributed by atoms with Gasteiger partial charge in [0.25, 0.3) is 0 Å². The largest absolute Gasteiger partial charge is 0.361 e. The molecule has 12 aromatic rings. The molecule has 0 saturated carbocycles. The Hall–Kier alpha value is -7.34. The van der Waals surface area contributed by atoms with Crippen molar-refractivity contribution in [3.05, 3.63) is 180 Å². The third-order valence-electron chi connectivity index (χ3n) is 12.4. The highest BCUT2D eigenvalue weighted by atomic mass is 35.5. The van der Waals surface area contributed by atoms with Crippen LogP contribution in [0.3, 0.4) is 0 Å². The number of nitrogens with zero attached hydrogens (tertiary/aromatic N) is 6. The van der Waals surface area contributed by atoms with Crippen LogP contribution in [0, 0.1) is 0 Å². The summed E-state index contributed by atoms with van der Waals surface area (Å²) in [6.45, 7) is 1.41. The lowest BCUT2D eigenvalue weighted by Gasteiger charge is -2.11. The summed E-state index contributed by atoms with van der Waals surface area (Å²) in [4.78, 5) is 25.0. The summed E-state index contributed by atoms with van der Waals surface area (Å²) in [5.74, 6) is 0. The van der Waals surface area contributed by atoms with Crippen molar-refractivity contribution in [3.63, 3.8) is 0 Å². The van der Waals surface area contributed by atoms with Gasteiger partial charge < -0.3 is 21.4 Å². The molecule has 0 amide bonds. The SMILES string of the molecule is NCCCc1ccc(-n2cnc3cnc4cc(Cl)c(-c5ccc6[nH]ccc6c5)cc4c32)cc1.NCCCc1ccc(-n2cnc3cnc4cc(Cl)c(-c5ccc6[nH]ccc6c5)cc4c32)cc1. The summed E-state index contributed by atoms with van der Waals surface area (Å²) in [7, 11) is 0. The maximum atomic E-state index is 6.72. The van der Waals surface area contributed by atoms with Crippen LogP contribution in [0.15, 0.2) is 159 Å². The van der Waals surface area contributed by atoms with Crippen molar-refractivity contribution in [3.8, 4) is 33.6 Å². The topological polar surface area (TPSA) is 145 Å². The highest BCUT2D eigenvalue weighted by Crippen LogP contribution is 2.38. The average Bonchev–Trinajstić information content (AvgIpc) is 4.19. The van der Waals surface area contributed by atoms with E-state index < -0.39 is 0 Å². The van der Waals surface area contributed by atoms with Crippen molar-refractivity contribution in [2.24, 2.45) is 11.5 Å². The van der Waals surface area contributed by atoms with Crippen LogP contribution < -0.4 is 11.5 Å². The van der Waals surface area contributed by atoms with Gasteiger partial charge in [-0.15, -0.1) is 0 Å². The Morgan fingerprint density at radius 2 is 0.909 bits per heavy atom. The van der Waals surface area contributed by atoms with Gasteiger partial charge in [0.05, 0.1) is 44.5 Å². The zero-order valence-corrected chi connectivity index (χ0v) is 37.4. The second-order valence-corrected chi connectivity index (χ2v) is 17.4. The molecule has 6 aromatic heterocycles. The van der Waals surface area contributed by atoms with Gasteiger partial charge in [0.1, 0.15) is 23.7 Å². The average molecular weight is 904 g/mol. The first-order valence-corrected chi connectivity index (χ1v) is 22.8. The van der Waals surface area contributed by atoms with Crippen LogP contribution in [-0.4, -0.2) is 52.1 Å². The Morgan fingerprint density at radius 1 is 0.470 bits per heavy atom. The maximum absolute atomic E-state index is 6.72. The second-order valence-electron chi connectivity index (χ2n) is 16.6. The molecule has 0 radical (unpaired) electrons. The third kappa shape index (κ3) is 7.73. The summed E-state index contributed by atoms with van der Waals surface area (Å²) in [5, 5.41) is 5.70. The maximum Gasteiger partial charge on any atom is 0.108 e. The van der Waals surface area contributed by atoms with E-state index in [1.807, 2.05) is 49.6 Å². The molecule has 0 atom stereocenters. The van der Waals surface area contributed by atoms with Gasteiger partial charge in [-0.3, -0.25) is 19.1 Å². The van der Waals surface area contributed by atoms with Crippen LogP contribution in [0.25, 0.3) is 99.3 Å². The number of H-pyrrole nitrogens is 2. The van der Waals surface area contributed by atoms with Crippen molar-refractivity contribution in [2.75, 3.05) is 13.1 Å². The number of nitrogens with two attached hydrogens (primary N) is 2. The van der Waals surface area contributed by atoms with Gasteiger partial charge in [-0.05, 0) is 157 Å². The van der Waals surface area contributed by atoms with Crippen molar-refractivity contribution in [1.82, 2.24) is 39.0 Å². The number of benzene rings is 6. The molecule has 0 fully saturated rings. The van der Waals surface area contributed by atoms with Gasteiger partial charge in [-0.25, -0.2) is 9.97 Å². The van der Waals surface area contributed by atoms with Gasteiger partial charge in [-0.1, -0.05) is 59.6 Å². The molecule has 10 nitrogen and oxygen atoms in total. The fourth-order valence-electron chi connectivity index (χ4n) is 8.96. The second kappa shape index (κ2) is 17.6. The van der Waals surface area contributed by atoms with Crippen molar-refractivity contribution >= 4 is 88.9 Å². The van der Waals surface area contributed by atoms with Gasteiger partial charge in [-0.2, -0.15) is 0 Å². The quantitative estimate of drug-likeness (QED) is 0.108. The minimum Gasteiger partial charge on any atom is -0.361 e. The summed E-state index contributed by atoms with van der Waals surface area (Å²) >= 11 is 13.4. The van der Waals surface area contributed by atoms with E-state index in [1.54, 1.807) is 0 Å². The van der Waals surface area contributed by atoms with Gasteiger partial charge in [0.15, 0.2) is 0 Å². The van der Waals surface area contributed by atoms with Crippen LogP contribution >= 0.6 is 23.2 Å². The highest BCUT2D eigenvalue weighted by molar-refractivity contribution is 6.35. The van der Waals surface area contributed by atoms with Gasteiger partial charge in [0, 0.05) is 56.7 Å². The molecule has 0 aliphatic rings. The number of pyridine rings is 2. The number of aromatic nitrogens is 8. The molecule has 6 heterocycles. The van der Waals surface area contributed by atoms with E-state index in [2.05, 4.69) is 148 Å². The molecule has 0 aliphatic carbocycles. The lowest BCUT2D eigenvalue weighted by Crippen LogP contribution is -2.00. The molecular weight excluding hydrogens is 860 g/mol. The first-order valence-electron chi connectivity index (χ1n) is 22.1. The Kier molecular flexibility index (Phi) is 11.0. The third-order valence-corrected chi connectivity index (χ3v) is 13.0. The number of aryl methyl sites for hydroxylation is 2. The van der Waals surface area contributed by atoms with Crippen molar-refractivity contribution in [2.45, 2.75) is 25.7 Å². The van der Waals surface area contributed by atoms with Crippen molar-refractivity contribution in [1.29, 1.82) is 0 Å². The lowest BCUT2D eigenvalue weighted by molar-refractivity contribution is 0.832. The summed E-state index contributed by atoms with van der Waals surface area (Å²) in [5.41, 5.74) is 27.8. The number of rotatable bonds is 10. The van der Waals surface area contributed by atoms with Crippen LogP contribution in [0.5, 0.6) is 0 Å². The minimum atomic E-state index is 0.680. The number of hydrogen-bond acceptors (Lipinski definition) is 6. The van der Waals surface area contributed by atoms with Crippen molar-refractivity contribution < 1.29 is 0 Å². The van der Waals surface area contributed by atoms with E-state index in [0.29, 0.717) is 23.1 Å². The monoisotopic (exact) mass is 902 g/mol. The number of halogens is 2. The lowest BCUT2D eigenvalue weighted by atomic mass is 10.0. The van der Waals surface area contributed by atoms with E-state index >= 15 is 0 Å². The minimum absolute atomic E-state index is 0.680. The molecule has 324 valence electrons. The Labute approximate surface area is 389 Å². The molecular formula is C54H44Cl2N10. The molecule has 66 heavy (non-hydrogen) atoms. The van der Waals surface area contributed by atoms with E-state index in [0.717, 1.165) is 125 Å². The van der Waals surface area contributed by atoms with Crippen LogP contribution in [0.4, 0.5) is 0 Å². The number of imidazole rings is 2. The van der Waals surface area contributed by atoms with Crippen LogP contribution in [-0.2, 0) is 12.8 Å². The zero-order chi connectivity index (χ0) is 44.7. The molecule has 0 unspecified atom stereocenters. The molecule has 6 aromatic carbocycles. The number of hydrogen-bond donors (Lipinski definition) is 4. The highest BCUT2D eigenvalue weighted by Gasteiger charge is 2.16. The standard InChI is InChI=1S/2C27H22ClN5/c2*28-23-14-25-22(13-21(23)18-5-8-24-19(12-18)9-11-30-24)27-26(15-31-25)32-16-33(27)20-6-3-17(4-7-20)2-1-10-29/h2*3-9,11-16,30H,1-2,10,29H2.